The zero-order valence-corrected chi connectivity index (χ0v) is 17.2. The highest BCUT2D eigenvalue weighted by Crippen LogP contribution is 2.28. The van der Waals surface area contributed by atoms with Crippen molar-refractivity contribution in [1.82, 2.24) is 5.43 Å². The number of hydrazone groups is 1. The second-order valence-corrected chi connectivity index (χ2v) is 7.81. The first kappa shape index (κ1) is 19.5. The highest BCUT2D eigenvalue weighted by Gasteiger charge is 2.06. The van der Waals surface area contributed by atoms with Gasteiger partial charge in [-0.1, -0.05) is 28.1 Å². The molecule has 4 nitrogen and oxygen atoms in total. The van der Waals surface area contributed by atoms with Gasteiger partial charge in [-0.2, -0.15) is 5.10 Å². The highest BCUT2D eigenvalue weighted by atomic mass is 79.9. The van der Waals surface area contributed by atoms with Crippen LogP contribution in [-0.4, -0.2) is 32.0 Å². The maximum Gasteiger partial charge on any atom is 0.250 e. The standard InChI is InChI=1S/C19H22BrN3OS/c1-13-10-18(14(2)9-17(13)20)25-12-19(24)22-21-11-15-5-7-16(8-6-15)23(3)4/h5-11H,12H2,1-4H3,(H,22,24)/b21-11-. The molecule has 0 atom stereocenters. The van der Waals surface area contributed by atoms with Crippen LogP contribution in [0, 0.1) is 13.8 Å². The van der Waals surface area contributed by atoms with Crippen molar-refractivity contribution in [3.8, 4) is 0 Å². The Morgan fingerprint density at radius 3 is 2.52 bits per heavy atom. The number of carbonyl (C=O) groups excluding carboxylic acids is 1. The quantitative estimate of drug-likeness (QED) is 0.429. The summed E-state index contributed by atoms with van der Waals surface area (Å²) < 4.78 is 1.09. The van der Waals surface area contributed by atoms with Crippen molar-refractivity contribution in [2.45, 2.75) is 18.7 Å². The molecule has 0 heterocycles. The van der Waals surface area contributed by atoms with Crippen molar-refractivity contribution in [3.05, 3.63) is 57.6 Å². The van der Waals surface area contributed by atoms with E-state index in [2.05, 4.69) is 38.6 Å². The molecule has 0 aliphatic heterocycles. The first-order valence-electron chi connectivity index (χ1n) is 7.85. The Morgan fingerprint density at radius 1 is 1.20 bits per heavy atom. The van der Waals surface area contributed by atoms with E-state index in [1.807, 2.05) is 57.1 Å². The van der Waals surface area contributed by atoms with Gasteiger partial charge in [0.2, 0.25) is 5.91 Å². The number of carbonyl (C=O) groups is 1. The number of thioether (sulfide) groups is 1. The summed E-state index contributed by atoms with van der Waals surface area (Å²) in [5, 5.41) is 4.02. The number of nitrogens with zero attached hydrogens (tertiary/aromatic N) is 2. The van der Waals surface area contributed by atoms with Crippen molar-refractivity contribution in [2.75, 3.05) is 24.7 Å². The molecule has 1 amide bonds. The first-order valence-corrected chi connectivity index (χ1v) is 9.63. The van der Waals surface area contributed by atoms with Crippen LogP contribution in [0.25, 0.3) is 0 Å². The van der Waals surface area contributed by atoms with E-state index in [0.717, 1.165) is 31.7 Å². The fourth-order valence-corrected chi connectivity index (χ4v) is 3.48. The van der Waals surface area contributed by atoms with Gasteiger partial charge >= 0.3 is 0 Å². The SMILES string of the molecule is Cc1cc(SCC(=O)N/N=C\c2ccc(N(C)C)cc2)c(C)cc1Br. The molecule has 0 unspecified atom stereocenters. The first-order chi connectivity index (χ1) is 11.9. The van der Waals surface area contributed by atoms with Crippen molar-refractivity contribution in [1.29, 1.82) is 0 Å². The summed E-state index contributed by atoms with van der Waals surface area (Å²) in [6.45, 7) is 4.08. The maximum absolute atomic E-state index is 12.0. The molecule has 0 bridgehead atoms. The molecule has 0 spiro atoms. The van der Waals surface area contributed by atoms with Crippen LogP contribution in [-0.2, 0) is 4.79 Å². The lowest BCUT2D eigenvalue weighted by Crippen LogP contribution is -2.19. The summed E-state index contributed by atoms with van der Waals surface area (Å²) in [6.07, 6.45) is 1.65. The van der Waals surface area contributed by atoms with Gasteiger partial charge in [0, 0.05) is 29.2 Å². The van der Waals surface area contributed by atoms with E-state index >= 15 is 0 Å². The smallest absolute Gasteiger partial charge is 0.250 e. The van der Waals surface area contributed by atoms with Crippen LogP contribution in [0.2, 0.25) is 0 Å². The largest absolute Gasteiger partial charge is 0.378 e. The molecule has 132 valence electrons. The Kier molecular flexibility index (Phi) is 7.08. The number of rotatable bonds is 6. The third-order valence-corrected chi connectivity index (χ3v) is 5.64. The minimum Gasteiger partial charge on any atom is -0.378 e. The van der Waals surface area contributed by atoms with Crippen LogP contribution < -0.4 is 10.3 Å². The average molecular weight is 420 g/mol. The molecule has 2 aromatic carbocycles. The third-order valence-electron chi connectivity index (χ3n) is 3.63. The lowest BCUT2D eigenvalue weighted by atomic mass is 10.2. The number of aryl methyl sites for hydroxylation is 2. The second kappa shape index (κ2) is 9.06. The molecular weight excluding hydrogens is 398 g/mol. The molecule has 25 heavy (non-hydrogen) atoms. The van der Waals surface area contributed by atoms with Gasteiger partial charge in [0.25, 0.3) is 0 Å². The molecular formula is C19H22BrN3OS. The van der Waals surface area contributed by atoms with Crippen molar-refractivity contribution in [2.24, 2.45) is 5.10 Å². The topological polar surface area (TPSA) is 44.7 Å². The Hall–Kier alpha value is -1.79. The summed E-state index contributed by atoms with van der Waals surface area (Å²) in [7, 11) is 3.99. The van der Waals surface area contributed by atoms with Crippen LogP contribution >= 0.6 is 27.7 Å². The number of benzene rings is 2. The molecule has 0 aliphatic rings. The molecule has 0 saturated heterocycles. The number of hydrogen-bond donors (Lipinski definition) is 1. The molecule has 0 aromatic heterocycles. The number of halogens is 1. The fourth-order valence-electron chi connectivity index (χ4n) is 2.12. The molecule has 0 fully saturated rings. The Bertz CT molecular complexity index is 773. The molecule has 2 aromatic rings. The minimum atomic E-state index is -0.119. The predicted molar refractivity (Wildman–Crippen MR) is 111 cm³/mol. The molecule has 2 rings (SSSR count). The number of hydrogen-bond acceptors (Lipinski definition) is 4. The van der Waals surface area contributed by atoms with Gasteiger partial charge < -0.3 is 4.90 Å². The van der Waals surface area contributed by atoms with Gasteiger partial charge in [-0.3, -0.25) is 4.79 Å². The number of nitrogens with one attached hydrogen (secondary N) is 1. The van der Waals surface area contributed by atoms with Gasteiger partial charge in [-0.25, -0.2) is 5.43 Å². The Morgan fingerprint density at radius 2 is 1.88 bits per heavy atom. The molecule has 0 saturated carbocycles. The van der Waals surface area contributed by atoms with Crippen LogP contribution in [0.4, 0.5) is 5.69 Å². The van der Waals surface area contributed by atoms with Gasteiger partial charge in [0.05, 0.1) is 12.0 Å². The fraction of sp³-hybridized carbons (Fsp3) is 0.263. The van der Waals surface area contributed by atoms with Crippen LogP contribution in [0.15, 0.2) is 50.9 Å². The van der Waals surface area contributed by atoms with E-state index in [4.69, 9.17) is 0 Å². The van der Waals surface area contributed by atoms with Crippen molar-refractivity contribution < 1.29 is 4.79 Å². The molecule has 0 aliphatic carbocycles. The van der Waals surface area contributed by atoms with Crippen molar-refractivity contribution >= 4 is 45.5 Å². The minimum absolute atomic E-state index is 0.119. The van der Waals surface area contributed by atoms with E-state index in [-0.39, 0.29) is 5.91 Å². The molecule has 6 heteroatoms. The number of anilines is 1. The zero-order valence-electron chi connectivity index (χ0n) is 14.8. The Labute approximate surface area is 161 Å². The van der Waals surface area contributed by atoms with E-state index in [1.165, 1.54) is 11.8 Å². The summed E-state index contributed by atoms with van der Waals surface area (Å²) in [4.78, 5) is 15.1. The van der Waals surface area contributed by atoms with Gasteiger partial charge in [-0.05, 0) is 54.8 Å². The average Bonchev–Trinajstić information content (AvgIpc) is 2.57. The maximum atomic E-state index is 12.0. The van der Waals surface area contributed by atoms with Gasteiger partial charge in [-0.15, -0.1) is 11.8 Å². The van der Waals surface area contributed by atoms with Crippen LogP contribution in [0.5, 0.6) is 0 Å². The monoisotopic (exact) mass is 419 g/mol. The lowest BCUT2D eigenvalue weighted by Gasteiger charge is -2.11. The summed E-state index contributed by atoms with van der Waals surface area (Å²) >= 11 is 5.04. The molecule has 0 radical (unpaired) electrons. The van der Waals surface area contributed by atoms with Gasteiger partial charge in [0.1, 0.15) is 0 Å². The number of amides is 1. The zero-order chi connectivity index (χ0) is 18.4. The second-order valence-electron chi connectivity index (χ2n) is 5.93. The van der Waals surface area contributed by atoms with E-state index < -0.39 is 0 Å². The van der Waals surface area contributed by atoms with Crippen molar-refractivity contribution in [3.63, 3.8) is 0 Å². The van der Waals surface area contributed by atoms with Gasteiger partial charge in [0.15, 0.2) is 0 Å². The Balaban J connectivity index is 1.85. The van der Waals surface area contributed by atoms with E-state index in [1.54, 1.807) is 6.21 Å². The predicted octanol–water partition coefficient (Wildman–Crippen LogP) is 4.37. The van der Waals surface area contributed by atoms with Crippen LogP contribution in [0.3, 0.4) is 0 Å². The third kappa shape index (κ3) is 5.90. The highest BCUT2D eigenvalue weighted by molar-refractivity contribution is 9.10. The normalized spacial score (nSPS) is 10.9. The summed E-state index contributed by atoms with van der Waals surface area (Å²) in [6, 6.07) is 12.1. The molecule has 1 N–H and O–H groups in total. The van der Waals surface area contributed by atoms with E-state index in [0.29, 0.717) is 5.75 Å². The van der Waals surface area contributed by atoms with Crippen LogP contribution in [0.1, 0.15) is 16.7 Å². The summed E-state index contributed by atoms with van der Waals surface area (Å²) in [5.41, 5.74) is 6.95. The summed E-state index contributed by atoms with van der Waals surface area (Å²) in [5.74, 6) is 0.213. The van der Waals surface area contributed by atoms with E-state index in [9.17, 15) is 4.79 Å². The lowest BCUT2D eigenvalue weighted by molar-refractivity contribution is -0.118.